The summed E-state index contributed by atoms with van der Waals surface area (Å²) in [4.78, 5) is 13.7. The molecule has 4 nitrogen and oxygen atoms in total. The number of hydrogen-bond donors (Lipinski definition) is 2. The third-order valence-corrected chi connectivity index (χ3v) is 2.98. The van der Waals surface area contributed by atoms with Crippen LogP contribution in [0.25, 0.3) is 0 Å². The number of hydrogen-bond acceptors (Lipinski definition) is 2. The van der Waals surface area contributed by atoms with Crippen LogP contribution in [0.5, 0.6) is 0 Å². The lowest BCUT2D eigenvalue weighted by molar-refractivity contribution is 0.223. The lowest BCUT2D eigenvalue weighted by Gasteiger charge is -2.18. The number of nitrogens with one attached hydrogen (secondary N) is 1. The largest absolute Gasteiger partial charge is 0.393 e. The molecule has 0 aliphatic carbocycles. The third-order valence-electron chi connectivity index (χ3n) is 2.21. The molecule has 0 aromatic heterocycles. The number of benzene rings is 1. The van der Waals surface area contributed by atoms with E-state index >= 15 is 0 Å². The molecule has 0 unspecified atom stereocenters. The molecular formula is C11H13Cl2N3OS. The first-order chi connectivity index (χ1) is 8.40. The minimum absolute atomic E-state index is 0.296. The zero-order valence-electron chi connectivity index (χ0n) is 9.74. The molecule has 0 saturated heterocycles. The van der Waals surface area contributed by atoms with E-state index in [0.717, 1.165) is 0 Å². The minimum Gasteiger partial charge on any atom is -0.393 e. The van der Waals surface area contributed by atoms with Crippen LogP contribution in [-0.4, -0.2) is 29.5 Å². The van der Waals surface area contributed by atoms with E-state index in [1.54, 1.807) is 25.2 Å². The molecule has 18 heavy (non-hydrogen) atoms. The second-order valence-electron chi connectivity index (χ2n) is 3.69. The van der Waals surface area contributed by atoms with Crippen molar-refractivity contribution in [1.82, 2.24) is 4.90 Å². The Morgan fingerprint density at radius 3 is 2.78 bits per heavy atom. The molecular weight excluding hydrogens is 293 g/mol. The van der Waals surface area contributed by atoms with Crippen molar-refractivity contribution >= 4 is 52.1 Å². The second-order valence-corrected chi connectivity index (χ2v) is 5.06. The van der Waals surface area contributed by atoms with Gasteiger partial charge in [-0.2, -0.15) is 0 Å². The maximum absolute atomic E-state index is 11.8. The van der Waals surface area contributed by atoms with E-state index in [9.17, 15) is 4.79 Å². The van der Waals surface area contributed by atoms with Gasteiger partial charge in [-0.25, -0.2) is 4.79 Å². The number of nitrogens with two attached hydrogens (primary N) is 1. The van der Waals surface area contributed by atoms with Gasteiger partial charge in [0.15, 0.2) is 0 Å². The van der Waals surface area contributed by atoms with E-state index in [1.807, 2.05) is 0 Å². The molecule has 0 atom stereocenters. The van der Waals surface area contributed by atoms with Gasteiger partial charge >= 0.3 is 6.03 Å². The summed E-state index contributed by atoms with van der Waals surface area (Å²) < 4.78 is 0. The zero-order chi connectivity index (χ0) is 13.7. The van der Waals surface area contributed by atoms with Crippen LogP contribution < -0.4 is 11.1 Å². The fourth-order valence-corrected chi connectivity index (χ4v) is 1.61. The maximum atomic E-state index is 11.8. The smallest absolute Gasteiger partial charge is 0.321 e. The summed E-state index contributed by atoms with van der Waals surface area (Å²) in [6, 6.07) is 4.56. The zero-order valence-corrected chi connectivity index (χ0v) is 12.1. The summed E-state index contributed by atoms with van der Waals surface area (Å²) in [5.74, 6) is 0. The molecule has 2 amide bonds. The van der Waals surface area contributed by atoms with Crippen molar-refractivity contribution in [1.29, 1.82) is 0 Å². The molecule has 0 bridgehead atoms. The van der Waals surface area contributed by atoms with E-state index in [2.05, 4.69) is 5.32 Å². The minimum atomic E-state index is -0.296. The van der Waals surface area contributed by atoms with Gasteiger partial charge in [-0.05, 0) is 18.2 Å². The Morgan fingerprint density at radius 2 is 2.17 bits per heavy atom. The van der Waals surface area contributed by atoms with Gasteiger partial charge in [-0.3, -0.25) is 0 Å². The molecule has 1 rings (SSSR count). The Morgan fingerprint density at radius 1 is 1.50 bits per heavy atom. The highest BCUT2D eigenvalue weighted by molar-refractivity contribution is 7.80. The summed E-state index contributed by atoms with van der Waals surface area (Å²) in [5.41, 5.74) is 5.84. The number of nitrogens with zero attached hydrogens (tertiary/aromatic N) is 1. The number of thiocarbonyl (C=S) groups is 1. The number of urea groups is 1. The first kappa shape index (κ1) is 15.0. The standard InChI is InChI=1S/C11H13Cl2N3OS/c1-16(5-4-10(14)18)11(17)15-9-6-7(12)2-3-8(9)13/h2-3,6H,4-5H2,1H3,(H2,14,18)(H,15,17). The van der Waals surface area contributed by atoms with Gasteiger partial charge in [0.2, 0.25) is 0 Å². The van der Waals surface area contributed by atoms with E-state index in [0.29, 0.717) is 33.7 Å². The van der Waals surface area contributed by atoms with Crippen molar-refractivity contribution in [3.63, 3.8) is 0 Å². The molecule has 1 aromatic rings. The molecule has 0 radical (unpaired) electrons. The van der Waals surface area contributed by atoms with Crippen LogP contribution in [0.2, 0.25) is 10.0 Å². The SMILES string of the molecule is CN(CCC(N)=S)C(=O)Nc1cc(Cl)ccc1Cl. The van der Waals surface area contributed by atoms with Crippen molar-refractivity contribution in [2.24, 2.45) is 5.73 Å². The van der Waals surface area contributed by atoms with Crippen LogP contribution in [0.4, 0.5) is 10.5 Å². The Hall–Kier alpha value is -1.04. The predicted octanol–water partition coefficient (Wildman–Crippen LogP) is 3.13. The van der Waals surface area contributed by atoms with Crippen molar-refractivity contribution in [2.75, 3.05) is 18.9 Å². The number of anilines is 1. The molecule has 7 heteroatoms. The van der Waals surface area contributed by atoms with Gasteiger partial charge in [0.25, 0.3) is 0 Å². The molecule has 0 saturated carbocycles. The Bertz CT molecular complexity index is 468. The second kappa shape index (κ2) is 6.78. The number of rotatable bonds is 4. The Balaban J connectivity index is 2.63. The van der Waals surface area contributed by atoms with E-state index in [4.69, 9.17) is 41.2 Å². The van der Waals surface area contributed by atoms with Gasteiger partial charge in [0.1, 0.15) is 0 Å². The highest BCUT2D eigenvalue weighted by Crippen LogP contribution is 2.25. The fraction of sp³-hybridized carbons (Fsp3) is 0.273. The highest BCUT2D eigenvalue weighted by Gasteiger charge is 2.11. The molecule has 1 aromatic carbocycles. The summed E-state index contributed by atoms with van der Waals surface area (Å²) in [5, 5.41) is 3.59. The van der Waals surface area contributed by atoms with Gasteiger partial charge in [-0.1, -0.05) is 35.4 Å². The predicted molar refractivity (Wildman–Crippen MR) is 79.5 cm³/mol. The van der Waals surface area contributed by atoms with Crippen molar-refractivity contribution < 1.29 is 4.79 Å². The fourth-order valence-electron chi connectivity index (χ4n) is 1.18. The van der Waals surface area contributed by atoms with Gasteiger partial charge < -0.3 is 16.0 Å². The van der Waals surface area contributed by atoms with Crippen molar-refractivity contribution in [3.8, 4) is 0 Å². The summed E-state index contributed by atoms with van der Waals surface area (Å²) in [6.45, 7) is 0.444. The van der Waals surface area contributed by atoms with E-state index < -0.39 is 0 Å². The van der Waals surface area contributed by atoms with Crippen LogP contribution in [-0.2, 0) is 0 Å². The first-order valence-electron chi connectivity index (χ1n) is 5.15. The van der Waals surface area contributed by atoms with Gasteiger partial charge in [0, 0.05) is 25.0 Å². The lowest BCUT2D eigenvalue weighted by atomic mass is 10.3. The molecule has 0 aliphatic rings. The number of amides is 2. The molecule has 0 heterocycles. The van der Waals surface area contributed by atoms with Gasteiger partial charge in [0.05, 0.1) is 15.7 Å². The number of carbonyl (C=O) groups is 1. The molecule has 98 valence electrons. The number of halogens is 2. The Labute approximate surface area is 121 Å². The van der Waals surface area contributed by atoms with Crippen molar-refractivity contribution in [3.05, 3.63) is 28.2 Å². The summed E-state index contributed by atoms with van der Waals surface area (Å²) in [6.07, 6.45) is 0.475. The Kier molecular flexibility index (Phi) is 5.65. The first-order valence-corrected chi connectivity index (χ1v) is 6.32. The average Bonchev–Trinajstić information content (AvgIpc) is 2.30. The maximum Gasteiger partial charge on any atom is 0.321 e. The van der Waals surface area contributed by atoms with Crippen LogP contribution in [0.1, 0.15) is 6.42 Å². The van der Waals surface area contributed by atoms with E-state index in [-0.39, 0.29) is 6.03 Å². The van der Waals surface area contributed by atoms with Crippen molar-refractivity contribution in [2.45, 2.75) is 6.42 Å². The third kappa shape index (κ3) is 4.68. The van der Waals surface area contributed by atoms with E-state index in [1.165, 1.54) is 4.90 Å². The van der Waals surface area contributed by atoms with Crippen LogP contribution >= 0.6 is 35.4 Å². The molecule has 0 aliphatic heterocycles. The van der Waals surface area contributed by atoms with Crippen LogP contribution in [0.15, 0.2) is 18.2 Å². The molecule has 0 spiro atoms. The average molecular weight is 306 g/mol. The molecule has 0 fully saturated rings. The topological polar surface area (TPSA) is 58.4 Å². The normalized spacial score (nSPS) is 9.94. The number of carbonyl (C=O) groups excluding carboxylic acids is 1. The monoisotopic (exact) mass is 305 g/mol. The quantitative estimate of drug-likeness (QED) is 0.840. The lowest BCUT2D eigenvalue weighted by Crippen LogP contribution is -2.33. The van der Waals surface area contributed by atoms with Crippen LogP contribution in [0, 0.1) is 0 Å². The highest BCUT2D eigenvalue weighted by atomic mass is 35.5. The van der Waals surface area contributed by atoms with Gasteiger partial charge in [-0.15, -0.1) is 0 Å². The van der Waals surface area contributed by atoms with Crippen LogP contribution in [0.3, 0.4) is 0 Å². The molecule has 3 N–H and O–H groups in total. The summed E-state index contributed by atoms with van der Waals surface area (Å²) in [7, 11) is 1.64. The summed E-state index contributed by atoms with van der Waals surface area (Å²) >= 11 is 16.5.